The Morgan fingerprint density at radius 2 is 2.25 bits per heavy atom. The maximum absolute atomic E-state index is 11.9. The third kappa shape index (κ3) is 5.04. The molecule has 118 valence electrons. The molecule has 0 aliphatic carbocycles. The molecule has 2 atom stereocenters. The van der Waals surface area contributed by atoms with Gasteiger partial charge in [0, 0.05) is 19.7 Å². The van der Waals surface area contributed by atoms with Crippen molar-refractivity contribution < 1.29 is 14.3 Å². The van der Waals surface area contributed by atoms with Crippen molar-refractivity contribution in [3.05, 3.63) is 0 Å². The molecule has 0 bridgehead atoms. The summed E-state index contributed by atoms with van der Waals surface area (Å²) in [5.41, 5.74) is -0.604. The number of hydrogen-bond acceptors (Lipinski definition) is 5. The van der Waals surface area contributed by atoms with Gasteiger partial charge < -0.3 is 19.7 Å². The number of likely N-dealkylation sites (N-methyl/N-ethyl adjacent to an activating group) is 2. The fraction of sp³-hybridized carbons (Fsp3) is 0.933. The van der Waals surface area contributed by atoms with Crippen LogP contribution in [0.25, 0.3) is 0 Å². The van der Waals surface area contributed by atoms with Crippen molar-refractivity contribution >= 4 is 5.97 Å². The van der Waals surface area contributed by atoms with Gasteiger partial charge in [-0.3, -0.25) is 4.79 Å². The van der Waals surface area contributed by atoms with E-state index >= 15 is 0 Å². The van der Waals surface area contributed by atoms with E-state index in [2.05, 4.69) is 17.1 Å². The number of esters is 1. The van der Waals surface area contributed by atoms with Gasteiger partial charge in [-0.1, -0.05) is 13.8 Å². The van der Waals surface area contributed by atoms with E-state index in [0.717, 1.165) is 45.6 Å². The molecule has 1 aliphatic heterocycles. The van der Waals surface area contributed by atoms with Gasteiger partial charge in [0.2, 0.25) is 0 Å². The van der Waals surface area contributed by atoms with Gasteiger partial charge in [0.05, 0.1) is 13.2 Å². The van der Waals surface area contributed by atoms with Crippen LogP contribution in [-0.4, -0.2) is 62.4 Å². The Labute approximate surface area is 123 Å². The van der Waals surface area contributed by atoms with Crippen LogP contribution in [0.2, 0.25) is 0 Å². The molecule has 2 unspecified atom stereocenters. The summed E-state index contributed by atoms with van der Waals surface area (Å²) in [4.78, 5) is 14.3. The van der Waals surface area contributed by atoms with E-state index in [1.807, 2.05) is 13.8 Å². The van der Waals surface area contributed by atoms with E-state index in [-0.39, 0.29) is 5.97 Å². The Bertz CT molecular complexity index is 293. The second-order valence-corrected chi connectivity index (χ2v) is 5.63. The molecule has 1 N–H and O–H groups in total. The number of rotatable bonds is 9. The van der Waals surface area contributed by atoms with Crippen LogP contribution in [0.4, 0.5) is 0 Å². The largest absolute Gasteiger partial charge is 0.468 e. The number of methoxy groups -OCH3 is 1. The molecule has 0 aromatic heterocycles. The van der Waals surface area contributed by atoms with Crippen molar-refractivity contribution in [3.8, 4) is 0 Å². The predicted molar refractivity (Wildman–Crippen MR) is 79.8 cm³/mol. The SMILES string of the molecule is CCNC(C)(CCN(CC)CC1CCCO1)C(=O)OC. The predicted octanol–water partition coefficient (Wildman–Crippen LogP) is 1.42. The lowest BCUT2D eigenvalue weighted by Gasteiger charge is -2.31. The molecule has 20 heavy (non-hydrogen) atoms. The van der Waals surface area contributed by atoms with Crippen LogP contribution >= 0.6 is 0 Å². The highest BCUT2D eigenvalue weighted by atomic mass is 16.5. The standard InChI is InChI=1S/C15H30N2O3/c1-5-16-15(3,14(18)19-4)9-10-17(6-2)12-13-8-7-11-20-13/h13,16H,5-12H2,1-4H3. The zero-order chi connectivity index (χ0) is 15.0. The maximum Gasteiger partial charge on any atom is 0.325 e. The summed E-state index contributed by atoms with van der Waals surface area (Å²) < 4.78 is 10.6. The summed E-state index contributed by atoms with van der Waals surface area (Å²) in [7, 11) is 1.45. The van der Waals surface area contributed by atoms with Gasteiger partial charge in [0.25, 0.3) is 0 Å². The molecule has 0 saturated carbocycles. The lowest BCUT2D eigenvalue weighted by Crippen LogP contribution is -2.52. The molecule has 0 aromatic carbocycles. The average molecular weight is 286 g/mol. The van der Waals surface area contributed by atoms with Gasteiger partial charge in [-0.25, -0.2) is 0 Å². The fourth-order valence-electron chi connectivity index (χ4n) is 2.71. The molecule has 0 spiro atoms. The molecule has 5 nitrogen and oxygen atoms in total. The average Bonchev–Trinajstić information content (AvgIpc) is 2.95. The summed E-state index contributed by atoms with van der Waals surface area (Å²) in [5, 5.41) is 3.25. The molecule has 1 aliphatic rings. The molecule has 1 saturated heterocycles. The quantitative estimate of drug-likeness (QED) is 0.650. The third-order valence-electron chi connectivity index (χ3n) is 4.06. The van der Waals surface area contributed by atoms with E-state index in [1.165, 1.54) is 13.5 Å². The van der Waals surface area contributed by atoms with E-state index < -0.39 is 5.54 Å². The minimum atomic E-state index is -0.604. The fourth-order valence-corrected chi connectivity index (χ4v) is 2.71. The Hall–Kier alpha value is -0.650. The number of hydrogen-bond donors (Lipinski definition) is 1. The second kappa shape index (κ2) is 8.60. The Kier molecular flexibility index (Phi) is 7.48. The summed E-state index contributed by atoms with van der Waals surface area (Å²) in [6.07, 6.45) is 3.42. The summed E-state index contributed by atoms with van der Waals surface area (Å²) in [6, 6.07) is 0. The van der Waals surface area contributed by atoms with Crippen molar-refractivity contribution in [1.82, 2.24) is 10.2 Å². The number of nitrogens with zero attached hydrogens (tertiary/aromatic N) is 1. The third-order valence-corrected chi connectivity index (χ3v) is 4.06. The number of carbonyl (C=O) groups excluding carboxylic acids is 1. The molecule has 5 heteroatoms. The minimum Gasteiger partial charge on any atom is -0.468 e. The monoisotopic (exact) mass is 286 g/mol. The first-order valence-corrected chi connectivity index (χ1v) is 7.73. The smallest absolute Gasteiger partial charge is 0.325 e. The molecular weight excluding hydrogens is 256 g/mol. The van der Waals surface area contributed by atoms with Crippen molar-refractivity contribution in [1.29, 1.82) is 0 Å². The van der Waals surface area contributed by atoms with Crippen molar-refractivity contribution in [2.45, 2.75) is 51.7 Å². The number of carbonyl (C=O) groups is 1. The summed E-state index contributed by atoms with van der Waals surface area (Å²) in [6.45, 7) is 10.5. The lowest BCUT2D eigenvalue weighted by atomic mass is 9.97. The molecular formula is C15H30N2O3. The lowest BCUT2D eigenvalue weighted by molar-refractivity contribution is -0.148. The van der Waals surface area contributed by atoms with Gasteiger partial charge in [0.15, 0.2) is 0 Å². The van der Waals surface area contributed by atoms with Crippen molar-refractivity contribution in [2.24, 2.45) is 0 Å². The van der Waals surface area contributed by atoms with Gasteiger partial charge in [0.1, 0.15) is 5.54 Å². The Morgan fingerprint density at radius 1 is 1.50 bits per heavy atom. The van der Waals surface area contributed by atoms with Gasteiger partial charge in [-0.15, -0.1) is 0 Å². The van der Waals surface area contributed by atoms with E-state index in [9.17, 15) is 4.79 Å². The van der Waals surface area contributed by atoms with Crippen molar-refractivity contribution in [2.75, 3.05) is 39.9 Å². The van der Waals surface area contributed by atoms with E-state index in [0.29, 0.717) is 6.10 Å². The second-order valence-electron chi connectivity index (χ2n) is 5.63. The highest BCUT2D eigenvalue weighted by molar-refractivity contribution is 5.80. The Morgan fingerprint density at radius 3 is 2.75 bits per heavy atom. The van der Waals surface area contributed by atoms with Gasteiger partial charge in [-0.05, 0) is 39.3 Å². The van der Waals surface area contributed by atoms with Crippen LogP contribution in [0, 0.1) is 0 Å². The highest BCUT2D eigenvalue weighted by Crippen LogP contribution is 2.16. The first kappa shape index (κ1) is 17.4. The molecule has 0 aromatic rings. The van der Waals surface area contributed by atoms with Crippen LogP contribution in [-0.2, 0) is 14.3 Å². The first-order chi connectivity index (χ1) is 9.55. The highest BCUT2D eigenvalue weighted by Gasteiger charge is 2.33. The molecule has 0 radical (unpaired) electrons. The van der Waals surface area contributed by atoms with Crippen LogP contribution in [0.15, 0.2) is 0 Å². The zero-order valence-electron chi connectivity index (χ0n) is 13.4. The van der Waals surface area contributed by atoms with Crippen LogP contribution in [0.3, 0.4) is 0 Å². The van der Waals surface area contributed by atoms with Crippen LogP contribution in [0.5, 0.6) is 0 Å². The first-order valence-electron chi connectivity index (χ1n) is 7.73. The number of nitrogens with one attached hydrogen (secondary N) is 1. The van der Waals surface area contributed by atoms with E-state index in [4.69, 9.17) is 9.47 Å². The Balaban J connectivity index is 2.48. The molecule has 0 amide bonds. The molecule has 1 heterocycles. The van der Waals surface area contributed by atoms with Crippen LogP contribution in [0.1, 0.15) is 40.0 Å². The molecule has 1 fully saturated rings. The summed E-state index contributed by atoms with van der Waals surface area (Å²) in [5.74, 6) is -0.187. The zero-order valence-corrected chi connectivity index (χ0v) is 13.4. The van der Waals surface area contributed by atoms with Crippen LogP contribution < -0.4 is 5.32 Å². The molecule has 1 rings (SSSR count). The van der Waals surface area contributed by atoms with Gasteiger partial charge in [-0.2, -0.15) is 0 Å². The summed E-state index contributed by atoms with van der Waals surface area (Å²) >= 11 is 0. The normalized spacial score (nSPS) is 21.9. The van der Waals surface area contributed by atoms with Crippen molar-refractivity contribution in [3.63, 3.8) is 0 Å². The minimum absolute atomic E-state index is 0.187. The maximum atomic E-state index is 11.9. The topological polar surface area (TPSA) is 50.8 Å². The van der Waals surface area contributed by atoms with E-state index in [1.54, 1.807) is 0 Å². The number of ether oxygens (including phenoxy) is 2. The van der Waals surface area contributed by atoms with Gasteiger partial charge >= 0.3 is 5.97 Å².